The molecule has 0 fully saturated rings. The van der Waals surface area contributed by atoms with Gasteiger partial charge in [-0.1, -0.05) is 45.0 Å². The first-order chi connectivity index (χ1) is 7.00. The van der Waals surface area contributed by atoms with Crippen LogP contribution in [0.15, 0.2) is 24.3 Å². The maximum atomic E-state index is 10.9. The summed E-state index contributed by atoms with van der Waals surface area (Å²) in [6, 6.07) is 8.38. The zero-order valence-electron chi connectivity index (χ0n) is 9.46. The van der Waals surface area contributed by atoms with Crippen molar-refractivity contribution in [1.29, 1.82) is 0 Å². The van der Waals surface area contributed by atoms with Crippen molar-refractivity contribution in [2.75, 3.05) is 0 Å². The van der Waals surface area contributed by atoms with Crippen LogP contribution in [0, 0.1) is 5.92 Å². The SMILES string of the molecule is CC(Cc1ccc(C(C)C)cc1)C(=O)Cl. The molecular weight excluding hydrogens is 208 g/mol. The van der Waals surface area contributed by atoms with Crippen LogP contribution in [0.4, 0.5) is 0 Å². The predicted octanol–water partition coefficient (Wildman–Crippen LogP) is 3.75. The molecule has 0 aliphatic carbocycles. The van der Waals surface area contributed by atoms with Crippen molar-refractivity contribution >= 4 is 16.8 Å². The summed E-state index contributed by atoms with van der Waals surface area (Å²) in [5.74, 6) is 0.447. The van der Waals surface area contributed by atoms with Gasteiger partial charge in [0.25, 0.3) is 0 Å². The molecule has 0 amide bonds. The fourth-order valence-electron chi connectivity index (χ4n) is 1.47. The zero-order valence-corrected chi connectivity index (χ0v) is 10.2. The van der Waals surface area contributed by atoms with E-state index in [0.29, 0.717) is 5.92 Å². The zero-order chi connectivity index (χ0) is 11.4. The maximum Gasteiger partial charge on any atom is 0.224 e. The van der Waals surface area contributed by atoms with Gasteiger partial charge in [0.2, 0.25) is 5.24 Å². The fraction of sp³-hybridized carbons (Fsp3) is 0.462. The summed E-state index contributed by atoms with van der Waals surface area (Å²) in [5, 5.41) is -0.261. The summed E-state index contributed by atoms with van der Waals surface area (Å²) in [5.41, 5.74) is 2.49. The third-order valence-corrected chi connectivity index (χ3v) is 2.95. The highest BCUT2D eigenvalue weighted by atomic mass is 35.5. The molecule has 2 heteroatoms. The van der Waals surface area contributed by atoms with Crippen molar-refractivity contribution in [2.45, 2.75) is 33.1 Å². The van der Waals surface area contributed by atoms with Crippen LogP contribution in [0.25, 0.3) is 0 Å². The molecule has 1 aromatic carbocycles. The van der Waals surface area contributed by atoms with Crippen molar-refractivity contribution in [3.05, 3.63) is 35.4 Å². The summed E-state index contributed by atoms with van der Waals surface area (Å²) >= 11 is 5.42. The lowest BCUT2D eigenvalue weighted by molar-refractivity contribution is -0.114. The largest absolute Gasteiger partial charge is 0.281 e. The molecule has 82 valence electrons. The Labute approximate surface area is 96.5 Å². The Kier molecular flexibility index (Phi) is 4.34. The lowest BCUT2D eigenvalue weighted by Crippen LogP contribution is -2.07. The molecule has 0 aromatic heterocycles. The van der Waals surface area contributed by atoms with E-state index in [1.807, 2.05) is 6.92 Å². The Morgan fingerprint density at radius 1 is 1.20 bits per heavy atom. The molecule has 0 bridgehead atoms. The van der Waals surface area contributed by atoms with Crippen LogP contribution in [0.5, 0.6) is 0 Å². The molecular formula is C13H17ClO. The monoisotopic (exact) mass is 224 g/mol. The highest BCUT2D eigenvalue weighted by Crippen LogP contribution is 2.17. The van der Waals surface area contributed by atoms with Gasteiger partial charge in [0.05, 0.1) is 0 Å². The first-order valence-corrected chi connectivity index (χ1v) is 5.66. The van der Waals surface area contributed by atoms with Gasteiger partial charge in [0, 0.05) is 5.92 Å². The number of hydrogen-bond donors (Lipinski definition) is 0. The average Bonchev–Trinajstić information content (AvgIpc) is 2.18. The highest BCUT2D eigenvalue weighted by molar-refractivity contribution is 6.63. The van der Waals surface area contributed by atoms with Crippen LogP contribution in [0.2, 0.25) is 0 Å². The van der Waals surface area contributed by atoms with Crippen LogP contribution >= 0.6 is 11.6 Å². The smallest absolute Gasteiger partial charge is 0.224 e. The standard InChI is InChI=1S/C13H17ClO/c1-9(2)12-6-4-11(5-7-12)8-10(3)13(14)15/h4-7,9-10H,8H2,1-3H3. The van der Waals surface area contributed by atoms with E-state index in [0.717, 1.165) is 6.42 Å². The summed E-state index contributed by atoms with van der Waals surface area (Å²) in [6.07, 6.45) is 0.723. The lowest BCUT2D eigenvalue weighted by Gasteiger charge is -2.09. The minimum atomic E-state index is -0.261. The molecule has 0 aliphatic rings. The first-order valence-electron chi connectivity index (χ1n) is 5.29. The summed E-state index contributed by atoms with van der Waals surface area (Å²) < 4.78 is 0. The second-order valence-corrected chi connectivity index (χ2v) is 4.68. The van der Waals surface area contributed by atoms with Crippen molar-refractivity contribution in [1.82, 2.24) is 0 Å². The van der Waals surface area contributed by atoms with Gasteiger partial charge in [-0.3, -0.25) is 4.79 Å². The van der Waals surface area contributed by atoms with Crippen LogP contribution in [-0.2, 0) is 11.2 Å². The van der Waals surface area contributed by atoms with E-state index in [1.165, 1.54) is 11.1 Å². The molecule has 0 N–H and O–H groups in total. The van der Waals surface area contributed by atoms with Crippen LogP contribution < -0.4 is 0 Å². The van der Waals surface area contributed by atoms with E-state index < -0.39 is 0 Å². The highest BCUT2D eigenvalue weighted by Gasteiger charge is 2.10. The summed E-state index contributed by atoms with van der Waals surface area (Å²) in [4.78, 5) is 10.9. The molecule has 1 unspecified atom stereocenters. The van der Waals surface area contributed by atoms with Crippen molar-refractivity contribution in [3.8, 4) is 0 Å². The number of hydrogen-bond acceptors (Lipinski definition) is 1. The molecule has 1 rings (SSSR count). The Balaban J connectivity index is 2.68. The Hall–Kier alpha value is -0.820. The Morgan fingerprint density at radius 3 is 2.13 bits per heavy atom. The van der Waals surface area contributed by atoms with Gasteiger partial charge in [-0.15, -0.1) is 0 Å². The minimum Gasteiger partial charge on any atom is -0.281 e. The van der Waals surface area contributed by atoms with Crippen LogP contribution in [-0.4, -0.2) is 5.24 Å². The molecule has 0 spiro atoms. The minimum absolute atomic E-state index is 0.100. The molecule has 0 radical (unpaired) electrons. The van der Waals surface area contributed by atoms with Gasteiger partial charge in [-0.05, 0) is 35.1 Å². The molecule has 1 nitrogen and oxygen atoms in total. The van der Waals surface area contributed by atoms with Crippen LogP contribution in [0.1, 0.15) is 37.8 Å². The second-order valence-electron chi connectivity index (χ2n) is 4.31. The van der Waals surface area contributed by atoms with E-state index in [2.05, 4.69) is 38.1 Å². The molecule has 1 atom stereocenters. The number of carbonyl (C=O) groups excluding carboxylic acids is 1. The lowest BCUT2D eigenvalue weighted by atomic mass is 9.98. The van der Waals surface area contributed by atoms with Crippen LogP contribution in [0.3, 0.4) is 0 Å². The number of carbonyl (C=O) groups is 1. The summed E-state index contributed by atoms with van der Waals surface area (Å²) in [7, 11) is 0. The molecule has 15 heavy (non-hydrogen) atoms. The maximum absolute atomic E-state index is 10.9. The van der Waals surface area contributed by atoms with Gasteiger partial charge in [0.15, 0.2) is 0 Å². The van der Waals surface area contributed by atoms with Gasteiger partial charge in [-0.2, -0.15) is 0 Å². The van der Waals surface area contributed by atoms with Gasteiger partial charge >= 0.3 is 0 Å². The first kappa shape index (κ1) is 12.3. The van der Waals surface area contributed by atoms with Crippen molar-refractivity contribution < 1.29 is 4.79 Å². The number of benzene rings is 1. The van der Waals surface area contributed by atoms with Crippen molar-refractivity contribution in [2.24, 2.45) is 5.92 Å². The topological polar surface area (TPSA) is 17.1 Å². The predicted molar refractivity (Wildman–Crippen MR) is 64.3 cm³/mol. The van der Waals surface area contributed by atoms with E-state index in [1.54, 1.807) is 0 Å². The van der Waals surface area contributed by atoms with E-state index >= 15 is 0 Å². The Bertz CT molecular complexity index is 327. The van der Waals surface area contributed by atoms with E-state index in [9.17, 15) is 4.79 Å². The van der Waals surface area contributed by atoms with Gasteiger partial charge < -0.3 is 0 Å². The number of halogens is 1. The van der Waals surface area contributed by atoms with Gasteiger partial charge in [-0.25, -0.2) is 0 Å². The molecule has 0 saturated heterocycles. The van der Waals surface area contributed by atoms with Crippen molar-refractivity contribution in [3.63, 3.8) is 0 Å². The summed E-state index contributed by atoms with van der Waals surface area (Å²) in [6.45, 7) is 6.19. The fourth-order valence-corrected chi connectivity index (χ4v) is 1.55. The number of rotatable bonds is 4. The molecule has 0 heterocycles. The molecule has 0 saturated carbocycles. The molecule has 1 aromatic rings. The quantitative estimate of drug-likeness (QED) is 0.712. The Morgan fingerprint density at radius 2 is 1.73 bits per heavy atom. The van der Waals surface area contributed by atoms with E-state index in [4.69, 9.17) is 11.6 Å². The van der Waals surface area contributed by atoms with E-state index in [-0.39, 0.29) is 11.2 Å². The normalized spacial score (nSPS) is 12.9. The average molecular weight is 225 g/mol. The third-order valence-electron chi connectivity index (χ3n) is 2.58. The third kappa shape index (κ3) is 3.67. The second kappa shape index (κ2) is 5.32. The van der Waals surface area contributed by atoms with Gasteiger partial charge in [0.1, 0.15) is 0 Å². The molecule has 0 aliphatic heterocycles.